The van der Waals surface area contributed by atoms with Crippen LogP contribution in [0.5, 0.6) is 5.75 Å². The van der Waals surface area contributed by atoms with Crippen LogP contribution in [0.1, 0.15) is 52.9 Å². The van der Waals surface area contributed by atoms with E-state index in [-0.39, 0.29) is 11.9 Å². The van der Waals surface area contributed by atoms with E-state index < -0.39 is 0 Å². The highest BCUT2D eigenvalue weighted by Crippen LogP contribution is 2.26. The summed E-state index contributed by atoms with van der Waals surface area (Å²) in [6.45, 7) is 10.6. The topological polar surface area (TPSA) is 50.8 Å². The third-order valence-corrected chi connectivity index (χ3v) is 5.59. The highest BCUT2D eigenvalue weighted by Gasteiger charge is 2.23. The number of benzene rings is 2. The average molecular weight is 411 g/mol. The van der Waals surface area contributed by atoms with Gasteiger partial charge in [0, 0.05) is 25.2 Å². The van der Waals surface area contributed by atoms with Gasteiger partial charge in [0.15, 0.2) is 0 Å². The summed E-state index contributed by atoms with van der Waals surface area (Å²) in [6.07, 6.45) is 2.13. The van der Waals surface area contributed by atoms with E-state index >= 15 is 0 Å². The van der Waals surface area contributed by atoms with Gasteiger partial charge in [-0.1, -0.05) is 43.7 Å². The molecule has 0 aromatic heterocycles. The zero-order valence-electron chi connectivity index (χ0n) is 18.4. The summed E-state index contributed by atoms with van der Waals surface area (Å²) in [5.74, 6) is 0.853. The summed E-state index contributed by atoms with van der Waals surface area (Å²) >= 11 is 0. The molecule has 1 atom stereocenters. The molecule has 1 saturated heterocycles. The van der Waals surface area contributed by atoms with Crippen LogP contribution in [0.3, 0.4) is 0 Å². The molecule has 0 aliphatic carbocycles. The molecule has 5 nitrogen and oxygen atoms in total. The lowest BCUT2D eigenvalue weighted by Crippen LogP contribution is -2.43. The lowest BCUT2D eigenvalue weighted by molar-refractivity contribution is 0.0162. The molecule has 1 heterocycles. The Morgan fingerprint density at radius 1 is 1.13 bits per heavy atom. The number of carbonyl (C=O) groups excluding carboxylic acids is 1. The number of ether oxygens (including phenoxy) is 2. The molecule has 2 aromatic carbocycles. The van der Waals surface area contributed by atoms with E-state index in [2.05, 4.69) is 41.4 Å². The van der Waals surface area contributed by atoms with Crippen LogP contribution in [0.25, 0.3) is 0 Å². The van der Waals surface area contributed by atoms with Crippen molar-refractivity contribution in [3.63, 3.8) is 0 Å². The summed E-state index contributed by atoms with van der Waals surface area (Å²) in [6, 6.07) is 14.4. The van der Waals surface area contributed by atoms with E-state index in [1.165, 1.54) is 5.56 Å². The van der Waals surface area contributed by atoms with E-state index in [9.17, 15) is 4.79 Å². The first-order chi connectivity index (χ1) is 14.6. The van der Waals surface area contributed by atoms with Crippen molar-refractivity contribution < 1.29 is 14.3 Å². The van der Waals surface area contributed by atoms with Crippen molar-refractivity contribution in [1.82, 2.24) is 10.2 Å². The Labute approximate surface area is 180 Å². The van der Waals surface area contributed by atoms with Gasteiger partial charge in [-0.05, 0) is 49.1 Å². The SMILES string of the molecule is CCCCOc1c(C)cc(C(=O)NCC(c2ccccc2)N2CCOCC2)cc1C. The van der Waals surface area contributed by atoms with E-state index in [1.807, 2.05) is 32.0 Å². The second kappa shape index (κ2) is 11.1. The maximum Gasteiger partial charge on any atom is 0.251 e. The van der Waals surface area contributed by atoms with Gasteiger partial charge in [0.1, 0.15) is 5.75 Å². The zero-order chi connectivity index (χ0) is 21.3. The number of unbranched alkanes of at least 4 members (excludes halogenated alkanes) is 1. The summed E-state index contributed by atoms with van der Waals surface area (Å²) in [4.78, 5) is 15.3. The lowest BCUT2D eigenvalue weighted by atomic mass is 10.0. The molecule has 2 aromatic rings. The summed E-state index contributed by atoms with van der Waals surface area (Å²) < 4.78 is 11.4. The Morgan fingerprint density at radius 3 is 2.43 bits per heavy atom. The number of rotatable bonds is 9. The summed E-state index contributed by atoms with van der Waals surface area (Å²) in [5, 5.41) is 3.16. The molecule has 30 heavy (non-hydrogen) atoms. The van der Waals surface area contributed by atoms with Gasteiger partial charge in [-0.2, -0.15) is 0 Å². The first-order valence-electron chi connectivity index (χ1n) is 11.0. The largest absolute Gasteiger partial charge is 0.493 e. The molecule has 3 rings (SSSR count). The lowest BCUT2D eigenvalue weighted by Gasteiger charge is -2.35. The summed E-state index contributed by atoms with van der Waals surface area (Å²) in [7, 11) is 0. The second-order valence-electron chi connectivity index (χ2n) is 7.93. The fourth-order valence-corrected chi connectivity index (χ4v) is 3.94. The number of hydrogen-bond donors (Lipinski definition) is 1. The Kier molecular flexibility index (Phi) is 8.29. The zero-order valence-corrected chi connectivity index (χ0v) is 18.4. The van der Waals surface area contributed by atoms with Crippen LogP contribution in [0.4, 0.5) is 0 Å². The van der Waals surface area contributed by atoms with Crippen molar-refractivity contribution in [2.24, 2.45) is 0 Å². The molecule has 0 bridgehead atoms. The van der Waals surface area contributed by atoms with E-state index in [1.54, 1.807) is 0 Å². The molecule has 0 radical (unpaired) electrons. The van der Waals surface area contributed by atoms with Gasteiger partial charge in [-0.15, -0.1) is 0 Å². The molecule has 1 unspecified atom stereocenters. The molecule has 0 saturated carbocycles. The monoisotopic (exact) mass is 410 g/mol. The van der Waals surface area contributed by atoms with Gasteiger partial charge in [0.05, 0.1) is 25.9 Å². The van der Waals surface area contributed by atoms with E-state index in [0.717, 1.165) is 56.0 Å². The van der Waals surface area contributed by atoms with Crippen molar-refractivity contribution in [3.8, 4) is 5.75 Å². The van der Waals surface area contributed by atoms with Crippen molar-refractivity contribution in [2.45, 2.75) is 39.7 Å². The van der Waals surface area contributed by atoms with Crippen LogP contribution in [-0.2, 0) is 4.74 Å². The smallest absolute Gasteiger partial charge is 0.251 e. The predicted octanol–water partition coefficient (Wildman–Crippen LogP) is 4.29. The van der Waals surface area contributed by atoms with Crippen LogP contribution < -0.4 is 10.1 Å². The van der Waals surface area contributed by atoms with Crippen molar-refractivity contribution in [3.05, 3.63) is 64.7 Å². The Balaban J connectivity index is 1.69. The Hall–Kier alpha value is -2.37. The minimum absolute atomic E-state index is 0.0458. The fraction of sp³-hybridized carbons (Fsp3) is 0.480. The van der Waals surface area contributed by atoms with Gasteiger partial charge in [-0.25, -0.2) is 0 Å². The van der Waals surface area contributed by atoms with Crippen LogP contribution in [0.2, 0.25) is 0 Å². The Morgan fingerprint density at radius 2 is 1.80 bits per heavy atom. The molecule has 1 fully saturated rings. The van der Waals surface area contributed by atoms with Crippen molar-refractivity contribution in [2.75, 3.05) is 39.5 Å². The molecule has 1 N–H and O–H groups in total. The fourth-order valence-electron chi connectivity index (χ4n) is 3.94. The standard InChI is InChI=1S/C25H34N2O3/c1-4-5-13-30-24-19(2)16-22(17-20(24)3)25(28)26-18-23(21-9-7-6-8-10-21)27-11-14-29-15-12-27/h6-10,16-17,23H,4-5,11-15,18H2,1-3H3,(H,26,28). The number of amides is 1. The molecule has 1 amide bonds. The Bertz CT molecular complexity index is 793. The van der Waals surface area contributed by atoms with Crippen LogP contribution in [0.15, 0.2) is 42.5 Å². The van der Waals surface area contributed by atoms with Gasteiger partial charge in [0.2, 0.25) is 0 Å². The number of nitrogens with zero attached hydrogens (tertiary/aromatic N) is 1. The number of morpholine rings is 1. The minimum Gasteiger partial charge on any atom is -0.493 e. The van der Waals surface area contributed by atoms with E-state index in [0.29, 0.717) is 18.7 Å². The molecular formula is C25H34N2O3. The predicted molar refractivity (Wildman–Crippen MR) is 120 cm³/mol. The maximum absolute atomic E-state index is 12.9. The number of nitrogens with one attached hydrogen (secondary N) is 1. The highest BCUT2D eigenvalue weighted by molar-refractivity contribution is 5.95. The molecule has 5 heteroatoms. The molecule has 162 valence electrons. The third kappa shape index (κ3) is 5.83. The number of aryl methyl sites for hydroxylation is 2. The van der Waals surface area contributed by atoms with Crippen molar-refractivity contribution in [1.29, 1.82) is 0 Å². The quantitative estimate of drug-likeness (QED) is 0.627. The summed E-state index contributed by atoms with van der Waals surface area (Å²) in [5.41, 5.74) is 3.90. The van der Waals surface area contributed by atoms with Gasteiger partial charge >= 0.3 is 0 Å². The normalized spacial score (nSPS) is 15.6. The molecule has 0 spiro atoms. The van der Waals surface area contributed by atoms with Crippen LogP contribution in [0, 0.1) is 13.8 Å². The van der Waals surface area contributed by atoms with Gasteiger partial charge in [0.25, 0.3) is 5.91 Å². The number of carbonyl (C=O) groups is 1. The first kappa shape index (κ1) is 22.3. The van der Waals surface area contributed by atoms with Crippen molar-refractivity contribution >= 4 is 5.91 Å². The molecule has 1 aliphatic heterocycles. The third-order valence-electron chi connectivity index (χ3n) is 5.59. The second-order valence-corrected chi connectivity index (χ2v) is 7.93. The van der Waals surface area contributed by atoms with Gasteiger partial charge < -0.3 is 14.8 Å². The van der Waals surface area contributed by atoms with Crippen LogP contribution >= 0.6 is 0 Å². The first-order valence-corrected chi connectivity index (χ1v) is 11.0. The van der Waals surface area contributed by atoms with Crippen LogP contribution in [-0.4, -0.2) is 50.3 Å². The molecular weight excluding hydrogens is 376 g/mol. The number of hydrogen-bond acceptors (Lipinski definition) is 4. The molecule has 1 aliphatic rings. The minimum atomic E-state index is -0.0458. The highest BCUT2D eigenvalue weighted by atomic mass is 16.5. The van der Waals surface area contributed by atoms with Gasteiger partial charge in [-0.3, -0.25) is 9.69 Å². The van der Waals surface area contributed by atoms with E-state index in [4.69, 9.17) is 9.47 Å². The maximum atomic E-state index is 12.9. The average Bonchev–Trinajstić information content (AvgIpc) is 2.77.